The van der Waals surface area contributed by atoms with Crippen LogP contribution in [0.4, 0.5) is 0 Å². The molecule has 5 heteroatoms. The largest absolute Gasteiger partial charge is 0.363 e. The molecule has 1 aliphatic heterocycles. The van der Waals surface area contributed by atoms with Gasteiger partial charge in [0.15, 0.2) is 6.10 Å². The van der Waals surface area contributed by atoms with Crippen molar-refractivity contribution in [1.29, 1.82) is 0 Å². The Morgan fingerprint density at radius 1 is 1.50 bits per heavy atom. The number of carbonyl (C=O) groups excluding carboxylic acids is 1. The monoisotopic (exact) mass is 271 g/mol. The van der Waals surface area contributed by atoms with E-state index in [2.05, 4.69) is 16.4 Å². The summed E-state index contributed by atoms with van der Waals surface area (Å²) in [7, 11) is 1.90. The number of nitrogens with one attached hydrogen (secondary N) is 1. The molecular weight excluding hydrogens is 254 g/mol. The zero-order chi connectivity index (χ0) is 13.9. The average molecular weight is 271 g/mol. The van der Waals surface area contributed by atoms with Gasteiger partial charge in [-0.2, -0.15) is 0 Å². The van der Waals surface area contributed by atoms with E-state index >= 15 is 0 Å². The van der Waals surface area contributed by atoms with Crippen LogP contribution in [-0.4, -0.2) is 22.1 Å². The SMILES string of the molecule is Cn1cnc(CNC(=O)C2OCCc3ccccc32)c1. The van der Waals surface area contributed by atoms with Crippen LogP contribution < -0.4 is 5.32 Å². The highest BCUT2D eigenvalue weighted by molar-refractivity contribution is 5.82. The van der Waals surface area contributed by atoms with Crippen molar-refractivity contribution in [3.63, 3.8) is 0 Å². The summed E-state index contributed by atoms with van der Waals surface area (Å²) in [5, 5.41) is 2.88. The fourth-order valence-corrected chi connectivity index (χ4v) is 2.44. The summed E-state index contributed by atoms with van der Waals surface area (Å²) in [6, 6.07) is 7.94. The van der Waals surface area contributed by atoms with Gasteiger partial charge in [0.1, 0.15) is 0 Å². The Hall–Kier alpha value is -2.14. The number of fused-ring (bicyclic) bond motifs is 1. The number of hydrogen-bond acceptors (Lipinski definition) is 3. The van der Waals surface area contributed by atoms with Gasteiger partial charge in [-0.15, -0.1) is 0 Å². The van der Waals surface area contributed by atoms with Crippen LogP contribution in [0.15, 0.2) is 36.8 Å². The van der Waals surface area contributed by atoms with Gasteiger partial charge in [-0.3, -0.25) is 4.79 Å². The predicted octanol–water partition coefficient (Wildman–Crippen LogP) is 1.35. The van der Waals surface area contributed by atoms with Crippen molar-refractivity contribution >= 4 is 5.91 Å². The van der Waals surface area contributed by atoms with Gasteiger partial charge in [0.2, 0.25) is 0 Å². The maximum atomic E-state index is 12.3. The summed E-state index contributed by atoms with van der Waals surface area (Å²) in [6.45, 7) is 1.00. The van der Waals surface area contributed by atoms with E-state index in [1.54, 1.807) is 6.33 Å². The molecule has 1 aromatic heterocycles. The number of aryl methyl sites for hydroxylation is 1. The standard InChI is InChI=1S/C15H17N3O2/c1-18-9-12(17-10-18)8-16-15(19)14-13-5-3-2-4-11(13)6-7-20-14/h2-5,9-10,14H,6-8H2,1H3,(H,16,19). The molecule has 0 saturated carbocycles. The third-order valence-corrected chi connectivity index (χ3v) is 3.43. The van der Waals surface area contributed by atoms with Crippen LogP contribution in [0.2, 0.25) is 0 Å². The Morgan fingerprint density at radius 2 is 2.35 bits per heavy atom. The smallest absolute Gasteiger partial charge is 0.254 e. The molecule has 2 heterocycles. The first kappa shape index (κ1) is 12.9. The Balaban J connectivity index is 1.69. The molecule has 1 unspecified atom stereocenters. The van der Waals surface area contributed by atoms with Gasteiger partial charge in [0.05, 0.1) is 25.2 Å². The summed E-state index contributed by atoms with van der Waals surface area (Å²) in [4.78, 5) is 16.5. The molecule has 2 aromatic rings. The van der Waals surface area contributed by atoms with Crippen molar-refractivity contribution in [2.24, 2.45) is 7.05 Å². The number of aromatic nitrogens is 2. The lowest BCUT2D eigenvalue weighted by molar-refractivity contribution is -0.134. The van der Waals surface area contributed by atoms with Crippen molar-refractivity contribution in [2.45, 2.75) is 19.1 Å². The van der Waals surface area contributed by atoms with Crippen LogP contribution in [0, 0.1) is 0 Å². The Labute approximate surface area is 117 Å². The van der Waals surface area contributed by atoms with Gasteiger partial charge in [0, 0.05) is 13.2 Å². The average Bonchev–Trinajstić information content (AvgIpc) is 2.90. The maximum Gasteiger partial charge on any atom is 0.254 e. The summed E-state index contributed by atoms with van der Waals surface area (Å²) in [6.07, 6.45) is 3.95. The lowest BCUT2D eigenvalue weighted by Crippen LogP contribution is -2.33. The first-order valence-electron chi connectivity index (χ1n) is 6.68. The first-order chi connectivity index (χ1) is 9.74. The molecule has 1 amide bonds. The molecule has 20 heavy (non-hydrogen) atoms. The molecule has 3 rings (SSSR count). The minimum Gasteiger partial charge on any atom is -0.363 e. The van der Waals surface area contributed by atoms with Gasteiger partial charge < -0.3 is 14.6 Å². The Morgan fingerprint density at radius 3 is 3.15 bits per heavy atom. The van der Waals surface area contributed by atoms with Crippen LogP contribution in [0.3, 0.4) is 0 Å². The van der Waals surface area contributed by atoms with Gasteiger partial charge in [-0.05, 0) is 17.5 Å². The fraction of sp³-hybridized carbons (Fsp3) is 0.333. The number of hydrogen-bond donors (Lipinski definition) is 1. The predicted molar refractivity (Wildman–Crippen MR) is 73.9 cm³/mol. The maximum absolute atomic E-state index is 12.3. The van der Waals surface area contributed by atoms with Crippen LogP contribution in [0.5, 0.6) is 0 Å². The van der Waals surface area contributed by atoms with Gasteiger partial charge >= 0.3 is 0 Å². The lowest BCUT2D eigenvalue weighted by atomic mass is 9.97. The third kappa shape index (κ3) is 2.58. The zero-order valence-corrected chi connectivity index (χ0v) is 11.4. The van der Waals surface area contributed by atoms with Crippen LogP contribution in [0.25, 0.3) is 0 Å². The highest BCUT2D eigenvalue weighted by atomic mass is 16.5. The number of benzene rings is 1. The molecule has 0 aliphatic carbocycles. The third-order valence-electron chi connectivity index (χ3n) is 3.43. The highest BCUT2D eigenvalue weighted by Gasteiger charge is 2.26. The first-order valence-corrected chi connectivity index (χ1v) is 6.68. The summed E-state index contributed by atoms with van der Waals surface area (Å²) < 4.78 is 7.48. The molecular formula is C15H17N3O2. The van der Waals surface area contributed by atoms with E-state index < -0.39 is 6.10 Å². The normalized spacial score (nSPS) is 17.6. The van der Waals surface area contributed by atoms with E-state index in [9.17, 15) is 4.79 Å². The number of carbonyl (C=O) groups is 1. The van der Waals surface area contributed by atoms with Crippen molar-refractivity contribution in [3.05, 3.63) is 53.6 Å². The van der Waals surface area contributed by atoms with Gasteiger partial charge in [0.25, 0.3) is 5.91 Å². The number of imidazole rings is 1. The molecule has 0 radical (unpaired) electrons. The number of rotatable bonds is 3. The molecule has 1 N–H and O–H groups in total. The quantitative estimate of drug-likeness (QED) is 0.916. The zero-order valence-electron chi connectivity index (χ0n) is 11.4. The summed E-state index contributed by atoms with van der Waals surface area (Å²) in [5.74, 6) is -0.109. The number of ether oxygens (including phenoxy) is 1. The Kier molecular flexibility index (Phi) is 3.52. The van der Waals surface area contributed by atoms with Crippen molar-refractivity contribution in [2.75, 3.05) is 6.61 Å². The van der Waals surface area contributed by atoms with E-state index in [0.29, 0.717) is 13.2 Å². The number of amides is 1. The summed E-state index contributed by atoms with van der Waals surface area (Å²) >= 11 is 0. The second kappa shape index (κ2) is 5.46. The topological polar surface area (TPSA) is 56.2 Å². The van der Waals surface area contributed by atoms with E-state index in [4.69, 9.17) is 4.74 Å². The molecule has 0 fully saturated rings. The van der Waals surface area contributed by atoms with E-state index in [-0.39, 0.29) is 5.91 Å². The van der Waals surface area contributed by atoms with E-state index in [0.717, 1.165) is 17.7 Å². The molecule has 0 bridgehead atoms. The minimum absolute atomic E-state index is 0.109. The van der Waals surface area contributed by atoms with E-state index in [1.807, 2.05) is 36.0 Å². The van der Waals surface area contributed by atoms with Gasteiger partial charge in [-0.1, -0.05) is 24.3 Å². The fourth-order valence-electron chi connectivity index (χ4n) is 2.44. The molecule has 0 spiro atoms. The molecule has 1 atom stereocenters. The summed E-state index contributed by atoms with van der Waals surface area (Å²) in [5.41, 5.74) is 3.00. The van der Waals surface area contributed by atoms with Crippen molar-refractivity contribution in [1.82, 2.24) is 14.9 Å². The van der Waals surface area contributed by atoms with Crippen LogP contribution >= 0.6 is 0 Å². The molecule has 1 aromatic carbocycles. The minimum atomic E-state index is -0.510. The van der Waals surface area contributed by atoms with Crippen molar-refractivity contribution < 1.29 is 9.53 Å². The molecule has 0 saturated heterocycles. The highest BCUT2D eigenvalue weighted by Crippen LogP contribution is 2.26. The molecule has 1 aliphatic rings. The van der Waals surface area contributed by atoms with E-state index in [1.165, 1.54) is 5.56 Å². The number of nitrogens with zero attached hydrogens (tertiary/aromatic N) is 2. The second-order valence-electron chi connectivity index (χ2n) is 4.95. The Bertz CT molecular complexity index is 621. The van der Waals surface area contributed by atoms with Gasteiger partial charge in [-0.25, -0.2) is 4.98 Å². The van der Waals surface area contributed by atoms with Crippen molar-refractivity contribution in [3.8, 4) is 0 Å². The van der Waals surface area contributed by atoms with Crippen LogP contribution in [-0.2, 0) is 29.5 Å². The second-order valence-corrected chi connectivity index (χ2v) is 4.95. The van der Waals surface area contributed by atoms with Crippen LogP contribution in [0.1, 0.15) is 22.9 Å². The molecule has 5 nitrogen and oxygen atoms in total. The lowest BCUT2D eigenvalue weighted by Gasteiger charge is -2.25. The molecule has 104 valence electrons.